The monoisotopic (exact) mass is 250 g/mol. The Labute approximate surface area is 110 Å². The van der Waals surface area contributed by atoms with Gasteiger partial charge in [-0.1, -0.05) is 6.42 Å². The first-order valence-electron chi connectivity index (χ1n) is 7.96. The number of rotatable bonds is 1. The van der Waals surface area contributed by atoms with Gasteiger partial charge in [-0.2, -0.15) is 0 Å². The lowest BCUT2D eigenvalue weighted by Crippen LogP contribution is -2.62. The number of nitrogens with zero attached hydrogens (tertiary/aromatic N) is 2. The fourth-order valence-electron chi connectivity index (χ4n) is 4.80. The highest BCUT2D eigenvalue weighted by molar-refractivity contribution is 5.00. The van der Waals surface area contributed by atoms with Crippen molar-refractivity contribution in [3.05, 3.63) is 0 Å². The fourth-order valence-corrected chi connectivity index (χ4v) is 4.80. The van der Waals surface area contributed by atoms with Crippen LogP contribution in [0.5, 0.6) is 0 Å². The quantitative estimate of drug-likeness (QED) is 0.706. The summed E-state index contributed by atoms with van der Waals surface area (Å²) in [6.45, 7) is 6.36. The summed E-state index contributed by atoms with van der Waals surface area (Å²) in [4.78, 5) is 5.55. The molecule has 4 heterocycles. The molecule has 0 aromatic rings. The largest absolute Gasteiger partial charge is 0.373 e. The summed E-state index contributed by atoms with van der Waals surface area (Å²) >= 11 is 0. The Hall–Kier alpha value is -0.120. The lowest BCUT2D eigenvalue weighted by molar-refractivity contribution is -0.0251. The maximum absolute atomic E-state index is 6.07. The number of piperazine rings is 1. The van der Waals surface area contributed by atoms with E-state index in [9.17, 15) is 0 Å². The normalized spacial score (nSPS) is 49.5. The molecule has 0 saturated carbocycles. The molecule has 4 aliphatic rings. The first-order valence-corrected chi connectivity index (χ1v) is 7.96. The standard InChI is InChI=1S/C15H26N2O/c1-11-9-16-7-3-2-4-12(16)10-17(11)14-8-13-5-6-15(14)18-13/h11-15H,2-10H2,1H3. The highest BCUT2D eigenvalue weighted by Crippen LogP contribution is 2.39. The lowest BCUT2D eigenvalue weighted by Gasteiger charge is -2.50. The van der Waals surface area contributed by atoms with Crippen molar-refractivity contribution in [1.29, 1.82) is 0 Å². The summed E-state index contributed by atoms with van der Waals surface area (Å²) in [6.07, 6.45) is 9.37. The molecule has 4 saturated heterocycles. The Morgan fingerprint density at radius 3 is 2.78 bits per heavy atom. The van der Waals surface area contributed by atoms with Gasteiger partial charge in [0.1, 0.15) is 0 Å². The molecule has 0 radical (unpaired) electrons. The van der Waals surface area contributed by atoms with Crippen molar-refractivity contribution < 1.29 is 4.74 Å². The van der Waals surface area contributed by atoms with Crippen molar-refractivity contribution in [2.45, 2.75) is 75.8 Å². The van der Waals surface area contributed by atoms with E-state index in [2.05, 4.69) is 16.7 Å². The lowest BCUT2D eigenvalue weighted by atomic mass is 9.90. The van der Waals surface area contributed by atoms with Crippen LogP contribution in [0.2, 0.25) is 0 Å². The SMILES string of the molecule is CC1CN2CCCCC2CN1C1CC2CCC1O2. The van der Waals surface area contributed by atoms with Gasteiger partial charge in [-0.25, -0.2) is 0 Å². The average Bonchev–Trinajstić information content (AvgIpc) is 3.00. The molecular weight excluding hydrogens is 224 g/mol. The van der Waals surface area contributed by atoms with Gasteiger partial charge in [0.15, 0.2) is 0 Å². The van der Waals surface area contributed by atoms with E-state index in [0.29, 0.717) is 12.2 Å². The van der Waals surface area contributed by atoms with Crippen LogP contribution in [0.25, 0.3) is 0 Å². The molecule has 4 fully saturated rings. The Kier molecular flexibility index (Phi) is 2.90. The molecule has 0 spiro atoms. The molecule has 0 aromatic carbocycles. The zero-order valence-corrected chi connectivity index (χ0v) is 11.6. The Morgan fingerprint density at radius 2 is 2.00 bits per heavy atom. The number of hydrogen-bond acceptors (Lipinski definition) is 3. The van der Waals surface area contributed by atoms with Crippen LogP contribution in [0, 0.1) is 0 Å². The molecule has 0 aromatic heterocycles. The van der Waals surface area contributed by atoms with Gasteiger partial charge in [-0.3, -0.25) is 9.80 Å². The molecule has 3 heteroatoms. The first kappa shape index (κ1) is 11.7. The van der Waals surface area contributed by atoms with Gasteiger partial charge in [0.05, 0.1) is 12.2 Å². The van der Waals surface area contributed by atoms with Gasteiger partial charge in [0, 0.05) is 31.2 Å². The van der Waals surface area contributed by atoms with Crippen molar-refractivity contribution in [3.63, 3.8) is 0 Å². The van der Waals surface area contributed by atoms with Crippen LogP contribution < -0.4 is 0 Å². The van der Waals surface area contributed by atoms with Crippen LogP contribution in [0.4, 0.5) is 0 Å². The van der Waals surface area contributed by atoms with E-state index in [-0.39, 0.29) is 0 Å². The van der Waals surface area contributed by atoms with Crippen LogP contribution in [-0.2, 0) is 4.74 Å². The van der Waals surface area contributed by atoms with E-state index in [1.807, 2.05) is 0 Å². The molecule has 102 valence electrons. The van der Waals surface area contributed by atoms with Crippen molar-refractivity contribution >= 4 is 0 Å². The fraction of sp³-hybridized carbons (Fsp3) is 1.00. The van der Waals surface area contributed by atoms with Crippen LogP contribution in [0.15, 0.2) is 0 Å². The van der Waals surface area contributed by atoms with Crippen molar-refractivity contribution in [1.82, 2.24) is 9.80 Å². The molecule has 0 aliphatic carbocycles. The summed E-state index contributed by atoms with van der Waals surface area (Å²) in [5.41, 5.74) is 0. The molecule has 18 heavy (non-hydrogen) atoms. The number of hydrogen-bond donors (Lipinski definition) is 0. The topological polar surface area (TPSA) is 15.7 Å². The molecule has 0 N–H and O–H groups in total. The van der Waals surface area contributed by atoms with Crippen LogP contribution in [-0.4, -0.2) is 59.8 Å². The molecule has 0 amide bonds. The molecule has 5 atom stereocenters. The maximum Gasteiger partial charge on any atom is 0.0736 e. The smallest absolute Gasteiger partial charge is 0.0736 e. The van der Waals surface area contributed by atoms with Crippen molar-refractivity contribution in [2.24, 2.45) is 0 Å². The van der Waals surface area contributed by atoms with Crippen molar-refractivity contribution in [3.8, 4) is 0 Å². The van der Waals surface area contributed by atoms with E-state index in [1.165, 1.54) is 58.2 Å². The molecule has 4 rings (SSSR count). The van der Waals surface area contributed by atoms with E-state index < -0.39 is 0 Å². The predicted molar refractivity (Wildman–Crippen MR) is 71.7 cm³/mol. The second kappa shape index (κ2) is 4.46. The van der Waals surface area contributed by atoms with Crippen LogP contribution in [0.3, 0.4) is 0 Å². The molecule has 3 nitrogen and oxygen atoms in total. The summed E-state index contributed by atoms with van der Waals surface area (Å²) in [5, 5.41) is 0. The molecule has 4 aliphatic heterocycles. The number of fused-ring (bicyclic) bond motifs is 3. The van der Waals surface area contributed by atoms with Gasteiger partial charge in [-0.15, -0.1) is 0 Å². The van der Waals surface area contributed by atoms with Crippen LogP contribution in [0.1, 0.15) is 45.4 Å². The van der Waals surface area contributed by atoms with Gasteiger partial charge in [0.2, 0.25) is 0 Å². The molecular formula is C15H26N2O. The highest BCUT2D eigenvalue weighted by Gasteiger charge is 2.46. The van der Waals surface area contributed by atoms with E-state index in [1.54, 1.807) is 0 Å². The maximum atomic E-state index is 6.07. The summed E-state index contributed by atoms with van der Waals surface area (Å²) in [6, 6.07) is 2.31. The molecule has 5 unspecified atom stereocenters. The second-order valence-corrected chi connectivity index (χ2v) is 6.87. The number of ether oxygens (including phenoxy) is 1. The minimum Gasteiger partial charge on any atom is -0.373 e. The minimum atomic E-state index is 0.563. The summed E-state index contributed by atoms with van der Waals surface area (Å²) < 4.78 is 6.07. The van der Waals surface area contributed by atoms with Crippen molar-refractivity contribution in [2.75, 3.05) is 19.6 Å². The predicted octanol–water partition coefficient (Wildman–Crippen LogP) is 1.86. The molecule has 2 bridgehead atoms. The third-order valence-electron chi connectivity index (χ3n) is 5.74. The van der Waals surface area contributed by atoms with E-state index in [4.69, 9.17) is 4.74 Å². The zero-order chi connectivity index (χ0) is 12.1. The van der Waals surface area contributed by atoms with Gasteiger partial charge < -0.3 is 4.74 Å². The summed E-state index contributed by atoms with van der Waals surface area (Å²) in [7, 11) is 0. The summed E-state index contributed by atoms with van der Waals surface area (Å²) in [5.74, 6) is 0. The third-order valence-corrected chi connectivity index (χ3v) is 5.74. The average molecular weight is 250 g/mol. The van der Waals surface area contributed by atoms with Gasteiger partial charge >= 0.3 is 0 Å². The van der Waals surface area contributed by atoms with E-state index in [0.717, 1.165) is 18.1 Å². The Balaban J connectivity index is 1.48. The zero-order valence-electron chi connectivity index (χ0n) is 11.6. The van der Waals surface area contributed by atoms with E-state index >= 15 is 0 Å². The third kappa shape index (κ3) is 1.83. The van der Waals surface area contributed by atoms with Gasteiger partial charge in [-0.05, 0) is 45.6 Å². The Morgan fingerprint density at radius 1 is 1.06 bits per heavy atom. The minimum absolute atomic E-state index is 0.563. The second-order valence-electron chi connectivity index (χ2n) is 6.87. The highest BCUT2D eigenvalue weighted by atomic mass is 16.5. The first-order chi connectivity index (χ1) is 8.81. The number of piperidine rings is 1. The van der Waals surface area contributed by atoms with Crippen LogP contribution >= 0.6 is 0 Å². The van der Waals surface area contributed by atoms with Gasteiger partial charge in [0.25, 0.3) is 0 Å². The Bertz CT molecular complexity index is 322.